The Kier molecular flexibility index (Phi) is 6.52. The molecule has 0 radical (unpaired) electrons. The maximum absolute atomic E-state index is 11.3. The van der Waals surface area contributed by atoms with E-state index in [1.54, 1.807) is 7.05 Å². The Morgan fingerprint density at radius 1 is 1.29 bits per heavy atom. The van der Waals surface area contributed by atoms with Crippen LogP contribution in [-0.2, 0) is 4.79 Å². The number of carbonyl (C=O) groups excluding carboxylic acids is 1. The van der Waals surface area contributed by atoms with E-state index in [9.17, 15) is 4.79 Å². The van der Waals surface area contributed by atoms with Crippen LogP contribution in [0.1, 0.15) is 45.4 Å². The first-order valence-electron chi connectivity index (χ1n) is 6.87. The highest BCUT2D eigenvalue weighted by Crippen LogP contribution is 2.22. The second kappa shape index (κ2) is 7.67. The standard InChI is InChI=1S/C13H27N3O/c1-3-9-16(10-8-13(17)15-2)12-6-4-11(14)5-7-12/h11-12H,3-10,14H2,1-2H3,(H,15,17). The molecule has 0 aliphatic heterocycles. The first kappa shape index (κ1) is 14.5. The maximum Gasteiger partial charge on any atom is 0.221 e. The van der Waals surface area contributed by atoms with Crippen molar-refractivity contribution in [2.45, 2.75) is 57.5 Å². The number of hydrogen-bond acceptors (Lipinski definition) is 3. The van der Waals surface area contributed by atoms with Crippen LogP contribution in [0.3, 0.4) is 0 Å². The van der Waals surface area contributed by atoms with Crippen molar-refractivity contribution in [3.63, 3.8) is 0 Å². The van der Waals surface area contributed by atoms with Gasteiger partial charge in [-0.1, -0.05) is 6.92 Å². The van der Waals surface area contributed by atoms with Crippen LogP contribution < -0.4 is 11.1 Å². The van der Waals surface area contributed by atoms with Crippen LogP contribution >= 0.6 is 0 Å². The third kappa shape index (κ3) is 5.04. The molecule has 0 bridgehead atoms. The van der Waals surface area contributed by atoms with Gasteiger partial charge in [0.1, 0.15) is 0 Å². The Hall–Kier alpha value is -0.610. The maximum atomic E-state index is 11.3. The largest absolute Gasteiger partial charge is 0.359 e. The molecular weight excluding hydrogens is 214 g/mol. The summed E-state index contributed by atoms with van der Waals surface area (Å²) in [5.41, 5.74) is 5.93. The average Bonchev–Trinajstić information content (AvgIpc) is 2.35. The topological polar surface area (TPSA) is 58.4 Å². The number of nitrogens with zero attached hydrogens (tertiary/aromatic N) is 1. The van der Waals surface area contributed by atoms with Crippen LogP contribution in [0, 0.1) is 0 Å². The van der Waals surface area contributed by atoms with E-state index in [1.165, 1.54) is 12.8 Å². The summed E-state index contributed by atoms with van der Waals surface area (Å²) in [6.45, 7) is 4.17. The first-order valence-corrected chi connectivity index (χ1v) is 6.87. The fourth-order valence-electron chi connectivity index (χ4n) is 2.60. The molecule has 0 heterocycles. The van der Waals surface area contributed by atoms with Gasteiger partial charge in [0.25, 0.3) is 0 Å². The van der Waals surface area contributed by atoms with E-state index in [0.717, 1.165) is 32.4 Å². The molecule has 0 unspecified atom stereocenters. The molecule has 3 N–H and O–H groups in total. The van der Waals surface area contributed by atoms with Crippen LogP contribution in [0.4, 0.5) is 0 Å². The van der Waals surface area contributed by atoms with Crippen molar-refractivity contribution in [1.82, 2.24) is 10.2 Å². The highest BCUT2D eigenvalue weighted by atomic mass is 16.1. The SMILES string of the molecule is CCCN(CCC(=O)NC)C1CCC(N)CC1. The van der Waals surface area contributed by atoms with Crippen molar-refractivity contribution >= 4 is 5.91 Å². The molecule has 0 spiro atoms. The van der Waals surface area contributed by atoms with Gasteiger partial charge in [-0.15, -0.1) is 0 Å². The molecule has 1 saturated carbocycles. The summed E-state index contributed by atoms with van der Waals surface area (Å²) in [5.74, 6) is 0.138. The molecule has 1 fully saturated rings. The zero-order valence-corrected chi connectivity index (χ0v) is 11.2. The third-order valence-corrected chi connectivity index (χ3v) is 3.67. The van der Waals surface area contributed by atoms with Gasteiger partial charge in [0.15, 0.2) is 0 Å². The lowest BCUT2D eigenvalue weighted by atomic mass is 9.90. The van der Waals surface area contributed by atoms with E-state index in [2.05, 4.69) is 17.1 Å². The summed E-state index contributed by atoms with van der Waals surface area (Å²) in [6.07, 6.45) is 6.40. The first-order chi connectivity index (χ1) is 8.17. The van der Waals surface area contributed by atoms with Gasteiger partial charge in [0.2, 0.25) is 5.91 Å². The van der Waals surface area contributed by atoms with E-state index in [-0.39, 0.29) is 5.91 Å². The normalized spacial score (nSPS) is 24.9. The highest BCUT2D eigenvalue weighted by Gasteiger charge is 2.23. The average molecular weight is 241 g/mol. The zero-order chi connectivity index (χ0) is 12.7. The molecule has 0 saturated heterocycles. The second-order valence-corrected chi connectivity index (χ2v) is 5.03. The molecule has 1 rings (SSSR count). The van der Waals surface area contributed by atoms with Crippen molar-refractivity contribution in [2.75, 3.05) is 20.1 Å². The molecule has 100 valence electrons. The van der Waals surface area contributed by atoms with E-state index in [4.69, 9.17) is 5.73 Å². The minimum atomic E-state index is 0.138. The van der Waals surface area contributed by atoms with Gasteiger partial charge in [-0.3, -0.25) is 9.69 Å². The number of amides is 1. The summed E-state index contributed by atoms with van der Waals surface area (Å²) in [4.78, 5) is 13.8. The van der Waals surface area contributed by atoms with Crippen molar-refractivity contribution in [3.05, 3.63) is 0 Å². The molecule has 0 aromatic carbocycles. The Morgan fingerprint density at radius 3 is 2.47 bits per heavy atom. The Bertz CT molecular complexity index is 225. The van der Waals surface area contributed by atoms with E-state index < -0.39 is 0 Å². The smallest absolute Gasteiger partial charge is 0.221 e. The van der Waals surface area contributed by atoms with Crippen LogP contribution in [0.25, 0.3) is 0 Å². The molecule has 4 nitrogen and oxygen atoms in total. The summed E-state index contributed by atoms with van der Waals surface area (Å²) in [6, 6.07) is 1.04. The van der Waals surface area contributed by atoms with Crippen LogP contribution in [-0.4, -0.2) is 43.0 Å². The molecule has 0 aromatic heterocycles. The minimum absolute atomic E-state index is 0.138. The van der Waals surface area contributed by atoms with Crippen molar-refractivity contribution in [1.29, 1.82) is 0 Å². The Balaban J connectivity index is 2.38. The van der Waals surface area contributed by atoms with Crippen molar-refractivity contribution in [2.24, 2.45) is 5.73 Å². The number of rotatable bonds is 6. The number of nitrogens with two attached hydrogens (primary N) is 1. The van der Waals surface area contributed by atoms with Gasteiger partial charge < -0.3 is 11.1 Å². The van der Waals surface area contributed by atoms with Crippen LogP contribution in [0.2, 0.25) is 0 Å². The molecule has 1 aliphatic carbocycles. The highest BCUT2D eigenvalue weighted by molar-refractivity contribution is 5.75. The zero-order valence-electron chi connectivity index (χ0n) is 11.2. The molecule has 4 heteroatoms. The van der Waals surface area contributed by atoms with Crippen molar-refractivity contribution < 1.29 is 4.79 Å². The molecule has 0 aromatic rings. The molecule has 1 aliphatic rings. The second-order valence-electron chi connectivity index (χ2n) is 5.03. The summed E-state index contributed by atoms with van der Waals surface area (Å²) < 4.78 is 0. The number of carbonyl (C=O) groups is 1. The van der Waals surface area contributed by atoms with Gasteiger partial charge in [-0.2, -0.15) is 0 Å². The third-order valence-electron chi connectivity index (χ3n) is 3.67. The van der Waals surface area contributed by atoms with Gasteiger partial charge in [-0.05, 0) is 38.6 Å². The predicted molar refractivity (Wildman–Crippen MR) is 70.8 cm³/mol. The summed E-state index contributed by atoms with van der Waals surface area (Å²) >= 11 is 0. The van der Waals surface area contributed by atoms with Crippen LogP contribution in [0.15, 0.2) is 0 Å². The lowest BCUT2D eigenvalue weighted by Crippen LogP contribution is -2.42. The van der Waals surface area contributed by atoms with Gasteiger partial charge >= 0.3 is 0 Å². The Morgan fingerprint density at radius 2 is 1.94 bits per heavy atom. The minimum Gasteiger partial charge on any atom is -0.359 e. The quantitative estimate of drug-likeness (QED) is 0.732. The predicted octanol–water partition coefficient (Wildman–Crippen LogP) is 1.10. The molecule has 1 amide bonds. The van der Waals surface area contributed by atoms with Crippen LogP contribution in [0.5, 0.6) is 0 Å². The fraction of sp³-hybridized carbons (Fsp3) is 0.923. The monoisotopic (exact) mass is 241 g/mol. The molecule has 0 atom stereocenters. The number of nitrogens with one attached hydrogen (secondary N) is 1. The molecule has 17 heavy (non-hydrogen) atoms. The van der Waals surface area contributed by atoms with Gasteiger partial charge in [0, 0.05) is 32.1 Å². The van der Waals surface area contributed by atoms with E-state index in [0.29, 0.717) is 18.5 Å². The van der Waals surface area contributed by atoms with Crippen molar-refractivity contribution in [3.8, 4) is 0 Å². The van der Waals surface area contributed by atoms with E-state index in [1.807, 2.05) is 0 Å². The summed E-state index contributed by atoms with van der Waals surface area (Å²) in [5, 5.41) is 2.69. The van der Waals surface area contributed by atoms with Gasteiger partial charge in [0.05, 0.1) is 0 Å². The Labute approximate surface area is 105 Å². The van der Waals surface area contributed by atoms with E-state index >= 15 is 0 Å². The lowest BCUT2D eigenvalue weighted by Gasteiger charge is -2.35. The summed E-state index contributed by atoms with van der Waals surface area (Å²) in [7, 11) is 1.70. The number of hydrogen-bond donors (Lipinski definition) is 2. The lowest BCUT2D eigenvalue weighted by molar-refractivity contribution is -0.121. The van der Waals surface area contributed by atoms with Gasteiger partial charge in [-0.25, -0.2) is 0 Å². The molecular formula is C13H27N3O. The fourth-order valence-corrected chi connectivity index (χ4v) is 2.60.